The predicted octanol–water partition coefficient (Wildman–Crippen LogP) is 2.25. The van der Waals surface area contributed by atoms with Gasteiger partial charge in [0.1, 0.15) is 24.4 Å². The van der Waals surface area contributed by atoms with Gasteiger partial charge in [-0.1, -0.05) is 6.92 Å². The van der Waals surface area contributed by atoms with Crippen molar-refractivity contribution in [3.8, 4) is 5.75 Å². The van der Waals surface area contributed by atoms with Crippen molar-refractivity contribution in [1.82, 2.24) is 0 Å². The third-order valence-corrected chi connectivity index (χ3v) is 4.67. The summed E-state index contributed by atoms with van der Waals surface area (Å²) in [5, 5.41) is 13.0. The molecular weight excluding hydrogens is 290 g/mol. The number of hydrogen-bond acceptors (Lipinski definition) is 3. The standard InChI is InChI=1S/C19H31NO3/c1-5-18(4)13-19(21,10-11-22-18)14-20-12-16-6-8-17(9-7-16)23-15(2)3/h6-9,15,20-21H,5,10-14H2,1-4H3/p+1/t18-,19-/m0/s1. The minimum atomic E-state index is -0.621. The van der Waals surface area contributed by atoms with Crippen molar-refractivity contribution >= 4 is 0 Å². The Morgan fingerprint density at radius 3 is 2.61 bits per heavy atom. The van der Waals surface area contributed by atoms with E-state index in [9.17, 15) is 5.11 Å². The lowest BCUT2D eigenvalue weighted by molar-refractivity contribution is -0.684. The Morgan fingerprint density at radius 2 is 2.00 bits per heavy atom. The lowest BCUT2D eigenvalue weighted by Crippen LogP contribution is -2.87. The zero-order valence-electron chi connectivity index (χ0n) is 15.0. The second-order valence-corrected chi connectivity index (χ2v) is 7.31. The molecule has 2 rings (SSSR count). The normalized spacial score (nSPS) is 28.1. The molecule has 2 atom stereocenters. The number of benzene rings is 1. The molecular formula is C19H32NO3+. The van der Waals surface area contributed by atoms with Crippen LogP contribution in [-0.2, 0) is 11.3 Å². The Balaban J connectivity index is 1.82. The fraction of sp³-hybridized carbons (Fsp3) is 0.684. The van der Waals surface area contributed by atoms with Gasteiger partial charge in [0.25, 0.3) is 0 Å². The van der Waals surface area contributed by atoms with Crippen molar-refractivity contribution in [1.29, 1.82) is 0 Å². The molecule has 1 aromatic carbocycles. The molecule has 0 bridgehead atoms. The summed E-state index contributed by atoms with van der Waals surface area (Å²) < 4.78 is 11.5. The second-order valence-electron chi connectivity index (χ2n) is 7.31. The first-order chi connectivity index (χ1) is 10.8. The van der Waals surface area contributed by atoms with E-state index in [2.05, 4.69) is 31.3 Å². The molecule has 1 aliphatic rings. The second kappa shape index (κ2) is 7.65. The van der Waals surface area contributed by atoms with Gasteiger partial charge < -0.3 is 19.9 Å². The van der Waals surface area contributed by atoms with Crippen molar-refractivity contribution in [3.05, 3.63) is 29.8 Å². The van der Waals surface area contributed by atoms with E-state index in [1.165, 1.54) is 5.56 Å². The lowest BCUT2D eigenvalue weighted by atomic mass is 9.82. The van der Waals surface area contributed by atoms with E-state index in [0.29, 0.717) is 13.0 Å². The molecule has 0 spiro atoms. The Morgan fingerprint density at radius 1 is 1.30 bits per heavy atom. The number of nitrogens with two attached hydrogens (primary N) is 1. The maximum Gasteiger partial charge on any atom is 0.119 e. The highest BCUT2D eigenvalue weighted by molar-refractivity contribution is 5.26. The van der Waals surface area contributed by atoms with E-state index in [-0.39, 0.29) is 11.7 Å². The molecule has 1 aromatic rings. The number of quaternary nitrogens is 1. The fourth-order valence-corrected chi connectivity index (χ4v) is 3.21. The average Bonchev–Trinajstić information content (AvgIpc) is 2.48. The minimum absolute atomic E-state index is 0.184. The summed E-state index contributed by atoms with van der Waals surface area (Å²) in [6, 6.07) is 8.22. The van der Waals surface area contributed by atoms with Gasteiger partial charge in [0.2, 0.25) is 0 Å². The van der Waals surface area contributed by atoms with Crippen LogP contribution in [0.25, 0.3) is 0 Å². The third-order valence-electron chi connectivity index (χ3n) is 4.67. The molecule has 4 nitrogen and oxygen atoms in total. The zero-order valence-corrected chi connectivity index (χ0v) is 15.0. The Hall–Kier alpha value is -1.10. The molecule has 0 radical (unpaired) electrons. The summed E-state index contributed by atoms with van der Waals surface area (Å²) >= 11 is 0. The Labute approximate surface area is 140 Å². The molecule has 1 saturated heterocycles. The molecule has 1 aliphatic heterocycles. The molecule has 0 amide bonds. The maximum atomic E-state index is 10.8. The summed E-state index contributed by atoms with van der Waals surface area (Å²) in [6.45, 7) is 10.5. The van der Waals surface area contributed by atoms with Crippen molar-refractivity contribution in [2.75, 3.05) is 13.2 Å². The van der Waals surface area contributed by atoms with Crippen molar-refractivity contribution in [2.24, 2.45) is 0 Å². The van der Waals surface area contributed by atoms with Crippen molar-refractivity contribution in [2.45, 2.75) is 70.8 Å². The monoisotopic (exact) mass is 322 g/mol. The maximum absolute atomic E-state index is 10.8. The zero-order chi connectivity index (χ0) is 16.9. The van der Waals surface area contributed by atoms with E-state index in [1.807, 2.05) is 26.0 Å². The largest absolute Gasteiger partial charge is 0.491 e. The van der Waals surface area contributed by atoms with Gasteiger partial charge >= 0.3 is 0 Å². The molecule has 0 aliphatic carbocycles. The van der Waals surface area contributed by atoms with Crippen LogP contribution in [0.15, 0.2) is 24.3 Å². The molecule has 4 heteroatoms. The van der Waals surface area contributed by atoms with Crippen LogP contribution in [0.1, 0.15) is 52.5 Å². The van der Waals surface area contributed by atoms with E-state index in [4.69, 9.17) is 9.47 Å². The molecule has 0 unspecified atom stereocenters. The first-order valence-electron chi connectivity index (χ1n) is 8.78. The third kappa shape index (κ3) is 5.48. The number of rotatable bonds is 7. The van der Waals surface area contributed by atoms with Crippen LogP contribution in [0.3, 0.4) is 0 Å². The van der Waals surface area contributed by atoms with Gasteiger partial charge in [0.05, 0.1) is 18.3 Å². The number of aliphatic hydroxyl groups is 1. The molecule has 130 valence electrons. The topological polar surface area (TPSA) is 55.3 Å². The van der Waals surface area contributed by atoms with Crippen molar-refractivity contribution in [3.63, 3.8) is 0 Å². The summed E-state index contributed by atoms with van der Waals surface area (Å²) in [6.07, 6.45) is 2.57. The molecule has 1 heterocycles. The number of hydrogen-bond donors (Lipinski definition) is 2. The smallest absolute Gasteiger partial charge is 0.119 e. The SMILES string of the molecule is CC[C@@]1(C)C[C@](O)(C[NH2+]Cc2ccc(OC(C)C)cc2)CCO1. The van der Waals surface area contributed by atoms with Gasteiger partial charge in [-0.05, 0) is 51.5 Å². The van der Waals surface area contributed by atoms with Gasteiger partial charge in [-0.25, -0.2) is 0 Å². The van der Waals surface area contributed by atoms with Gasteiger partial charge in [-0.15, -0.1) is 0 Å². The molecule has 3 N–H and O–H groups in total. The fourth-order valence-electron chi connectivity index (χ4n) is 3.21. The molecule has 0 aromatic heterocycles. The predicted molar refractivity (Wildman–Crippen MR) is 91.5 cm³/mol. The van der Waals surface area contributed by atoms with E-state index < -0.39 is 5.60 Å². The molecule has 0 saturated carbocycles. The highest BCUT2D eigenvalue weighted by atomic mass is 16.5. The first kappa shape index (κ1) is 18.2. The van der Waals surface area contributed by atoms with Gasteiger partial charge in [-0.2, -0.15) is 0 Å². The van der Waals surface area contributed by atoms with Crippen LogP contribution in [0.5, 0.6) is 5.75 Å². The molecule has 23 heavy (non-hydrogen) atoms. The summed E-state index contributed by atoms with van der Waals surface area (Å²) in [4.78, 5) is 0. The summed E-state index contributed by atoms with van der Waals surface area (Å²) in [5.41, 5.74) is 0.440. The van der Waals surface area contributed by atoms with Crippen LogP contribution in [0, 0.1) is 0 Å². The Kier molecular flexibility index (Phi) is 6.06. The van der Waals surface area contributed by atoms with Crippen LogP contribution < -0.4 is 10.1 Å². The van der Waals surface area contributed by atoms with Gasteiger partial charge in [-0.3, -0.25) is 0 Å². The van der Waals surface area contributed by atoms with Crippen LogP contribution in [0.2, 0.25) is 0 Å². The van der Waals surface area contributed by atoms with Gasteiger partial charge in [0.15, 0.2) is 0 Å². The average molecular weight is 322 g/mol. The van der Waals surface area contributed by atoms with Crippen molar-refractivity contribution < 1.29 is 19.9 Å². The van der Waals surface area contributed by atoms with Gasteiger partial charge in [0, 0.05) is 18.4 Å². The quantitative estimate of drug-likeness (QED) is 0.809. The highest BCUT2D eigenvalue weighted by Crippen LogP contribution is 2.33. The Bertz CT molecular complexity index is 488. The number of ether oxygens (including phenoxy) is 2. The van der Waals surface area contributed by atoms with E-state index in [0.717, 1.165) is 31.7 Å². The minimum Gasteiger partial charge on any atom is -0.491 e. The summed E-state index contributed by atoms with van der Waals surface area (Å²) in [5.74, 6) is 0.908. The first-order valence-corrected chi connectivity index (χ1v) is 8.78. The summed E-state index contributed by atoms with van der Waals surface area (Å²) in [7, 11) is 0. The molecule has 1 fully saturated rings. The van der Waals surface area contributed by atoms with E-state index in [1.54, 1.807) is 0 Å². The lowest BCUT2D eigenvalue weighted by Gasteiger charge is -2.42. The van der Waals surface area contributed by atoms with Crippen LogP contribution in [0.4, 0.5) is 0 Å². The highest BCUT2D eigenvalue weighted by Gasteiger charge is 2.42. The van der Waals surface area contributed by atoms with Crippen LogP contribution in [-0.4, -0.2) is 35.6 Å². The van der Waals surface area contributed by atoms with E-state index >= 15 is 0 Å². The van der Waals surface area contributed by atoms with Crippen LogP contribution >= 0.6 is 0 Å².